The molecule has 1 N–H and O–H groups in total. The summed E-state index contributed by atoms with van der Waals surface area (Å²) in [5.74, 6) is 0. The fourth-order valence-electron chi connectivity index (χ4n) is 1.58. The van der Waals surface area contributed by atoms with Crippen LogP contribution in [0.3, 0.4) is 0 Å². The molecule has 2 aromatic heterocycles. The van der Waals surface area contributed by atoms with Gasteiger partial charge in [0, 0.05) is 23.9 Å². The van der Waals surface area contributed by atoms with Crippen molar-refractivity contribution >= 4 is 22.7 Å². The van der Waals surface area contributed by atoms with Crippen molar-refractivity contribution in [2.75, 3.05) is 13.7 Å². The summed E-state index contributed by atoms with van der Waals surface area (Å²) in [5, 5.41) is 6.42. The van der Waals surface area contributed by atoms with Gasteiger partial charge in [-0.2, -0.15) is 0 Å². The number of nitrogens with one attached hydrogen (secondary N) is 1. The van der Waals surface area contributed by atoms with Gasteiger partial charge in [0.25, 0.3) is 0 Å². The zero-order valence-electron chi connectivity index (χ0n) is 10.6. The van der Waals surface area contributed by atoms with E-state index in [0.717, 1.165) is 35.9 Å². The van der Waals surface area contributed by atoms with Crippen molar-refractivity contribution < 1.29 is 4.74 Å². The van der Waals surface area contributed by atoms with Crippen LogP contribution in [0.1, 0.15) is 23.9 Å². The van der Waals surface area contributed by atoms with Crippen molar-refractivity contribution in [2.45, 2.75) is 26.5 Å². The van der Waals surface area contributed by atoms with E-state index >= 15 is 0 Å². The average molecular weight is 283 g/mol. The lowest BCUT2D eigenvalue weighted by molar-refractivity contribution is 0.181. The van der Waals surface area contributed by atoms with Crippen LogP contribution in [-0.4, -0.2) is 23.6 Å². The lowest BCUT2D eigenvalue weighted by Gasteiger charge is -2.02. The van der Waals surface area contributed by atoms with Gasteiger partial charge < -0.3 is 10.1 Å². The molecule has 0 aliphatic rings. The largest absolute Gasteiger partial charge is 0.378 e. The van der Waals surface area contributed by atoms with E-state index in [0.29, 0.717) is 6.61 Å². The lowest BCUT2D eigenvalue weighted by Crippen LogP contribution is -2.14. The first-order valence-corrected chi connectivity index (χ1v) is 7.67. The molecule has 2 heterocycles. The van der Waals surface area contributed by atoms with Crippen LogP contribution in [0.4, 0.5) is 0 Å². The van der Waals surface area contributed by atoms with Crippen LogP contribution in [0.15, 0.2) is 10.9 Å². The molecule has 2 aromatic rings. The van der Waals surface area contributed by atoms with Gasteiger partial charge in [-0.1, -0.05) is 6.92 Å². The molecule has 0 amide bonds. The van der Waals surface area contributed by atoms with E-state index in [2.05, 4.69) is 22.2 Å². The normalized spacial score (nSPS) is 11.0. The summed E-state index contributed by atoms with van der Waals surface area (Å²) in [6.45, 7) is 4.60. The first kappa shape index (κ1) is 13.6. The maximum Gasteiger partial charge on any atom is 0.143 e. The zero-order valence-corrected chi connectivity index (χ0v) is 12.2. The van der Waals surface area contributed by atoms with Crippen LogP contribution in [0.25, 0.3) is 10.7 Å². The van der Waals surface area contributed by atoms with E-state index in [4.69, 9.17) is 4.74 Å². The highest BCUT2D eigenvalue weighted by Gasteiger charge is 2.13. The molecular formula is C12H17N3OS2. The third-order valence-corrected chi connectivity index (χ3v) is 4.13. The van der Waals surface area contributed by atoms with Gasteiger partial charge in [-0.05, 0) is 13.0 Å². The van der Waals surface area contributed by atoms with Crippen LogP contribution in [0.2, 0.25) is 0 Å². The summed E-state index contributed by atoms with van der Waals surface area (Å²) in [6.07, 6.45) is 1.14. The van der Waals surface area contributed by atoms with Crippen molar-refractivity contribution in [3.8, 4) is 10.7 Å². The summed E-state index contributed by atoms with van der Waals surface area (Å²) >= 11 is 3.29. The third-order valence-electron chi connectivity index (χ3n) is 2.42. The van der Waals surface area contributed by atoms with Gasteiger partial charge in [0.15, 0.2) is 0 Å². The Hall–Kier alpha value is -0.820. The van der Waals surface area contributed by atoms with Crippen LogP contribution < -0.4 is 5.32 Å². The second-order valence-corrected chi connectivity index (χ2v) is 5.67. The molecule has 2 rings (SSSR count). The molecule has 4 nitrogen and oxygen atoms in total. The molecule has 0 spiro atoms. The highest BCUT2D eigenvalue weighted by Crippen LogP contribution is 2.28. The van der Waals surface area contributed by atoms with Crippen LogP contribution in [0, 0.1) is 0 Å². The predicted molar refractivity (Wildman–Crippen MR) is 75.9 cm³/mol. The maximum atomic E-state index is 5.20. The number of methoxy groups -OCH3 is 1. The van der Waals surface area contributed by atoms with Crippen molar-refractivity contribution in [3.05, 3.63) is 21.5 Å². The molecule has 0 aliphatic heterocycles. The summed E-state index contributed by atoms with van der Waals surface area (Å²) in [7, 11) is 1.70. The van der Waals surface area contributed by atoms with E-state index < -0.39 is 0 Å². The topological polar surface area (TPSA) is 47.0 Å². The Kier molecular flexibility index (Phi) is 5.25. The van der Waals surface area contributed by atoms with Crippen molar-refractivity contribution in [1.82, 2.24) is 15.3 Å². The van der Waals surface area contributed by atoms with E-state index in [1.54, 1.807) is 29.8 Å². The van der Waals surface area contributed by atoms with E-state index in [1.165, 1.54) is 4.88 Å². The number of thiazole rings is 2. The minimum Gasteiger partial charge on any atom is -0.378 e. The van der Waals surface area contributed by atoms with Crippen molar-refractivity contribution in [1.29, 1.82) is 0 Å². The fraction of sp³-hybridized carbons (Fsp3) is 0.500. The highest BCUT2D eigenvalue weighted by atomic mass is 32.1. The molecule has 18 heavy (non-hydrogen) atoms. The van der Waals surface area contributed by atoms with Gasteiger partial charge >= 0.3 is 0 Å². The van der Waals surface area contributed by atoms with Crippen LogP contribution in [0.5, 0.6) is 0 Å². The van der Waals surface area contributed by atoms with Crippen molar-refractivity contribution in [3.63, 3.8) is 0 Å². The Bertz CT molecular complexity index is 468. The Balaban J connectivity index is 2.15. The van der Waals surface area contributed by atoms with Gasteiger partial charge in [-0.3, -0.25) is 0 Å². The molecule has 0 saturated carbocycles. The molecular weight excluding hydrogens is 266 g/mol. The van der Waals surface area contributed by atoms with E-state index in [-0.39, 0.29) is 0 Å². The molecule has 0 atom stereocenters. The molecule has 6 heteroatoms. The summed E-state index contributed by atoms with van der Waals surface area (Å²) in [4.78, 5) is 10.2. The molecule has 0 bridgehead atoms. The maximum absolute atomic E-state index is 5.20. The first-order valence-electron chi connectivity index (χ1n) is 5.92. The minimum atomic E-state index is 0.559. The molecule has 0 aliphatic carbocycles. The number of rotatable bonds is 7. The summed E-state index contributed by atoms with van der Waals surface area (Å²) in [6, 6.07) is 0. The fourth-order valence-corrected chi connectivity index (χ4v) is 3.19. The molecule has 98 valence electrons. The van der Waals surface area contributed by atoms with Gasteiger partial charge in [-0.25, -0.2) is 9.97 Å². The summed E-state index contributed by atoms with van der Waals surface area (Å²) in [5.41, 5.74) is 3.82. The average Bonchev–Trinajstić information content (AvgIpc) is 2.99. The third kappa shape index (κ3) is 3.35. The number of hydrogen-bond donors (Lipinski definition) is 1. The second kappa shape index (κ2) is 6.94. The van der Waals surface area contributed by atoms with Crippen LogP contribution >= 0.6 is 22.7 Å². The molecule has 0 saturated heterocycles. The minimum absolute atomic E-state index is 0.559. The molecule has 0 fully saturated rings. The Labute approximate surface area is 115 Å². The quantitative estimate of drug-likeness (QED) is 0.794. The standard InChI is InChI=1S/C12H17N3OS2/c1-3-4-13-5-11-9(6-16-2)15-12(18-11)10-7-17-8-14-10/h7-8,13H,3-6H2,1-2H3. The second-order valence-electron chi connectivity index (χ2n) is 3.87. The summed E-state index contributed by atoms with van der Waals surface area (Å²) < 4.78 is 5.20. The Morgan fingerprint density at radius 2 is 2.33 bits per heavy atom. The van der Waals surface area contributed by atoms with E-state index in [1.807, 2.05) is 10.9 Å². The number of hydrogen-bond acceptors (Lipinski definition) is 6. The first-order chi connectivity index (χ1) is 8.85. The van der Waals surface area contributed by atoms with Gasteiger partial charge in [0.1, 0.15) is 10.7 Å². The Morgan fingerprint density at radius 3 is 3.00 bits per heavy atom. The smallest absolute Gasteiger partial charge is 0.143 e. The predicted octanol–water partition coefficient (Wildman–Crippen LogP) is 2.91. The number of nitrogens with zero attached hydrogens (tertiary/aromatic N) is 2. The number of ether oxygens (including phenoxy) is 1. The van der Waals surface area contributed by atoms with Gasteiger partial charge in [0.05, 0.1) is 17.8 Å². The van der Waals surface area contributed by atoms with Gasteiger partial charge in [0.2, 0.25) is 0 Å². The SMILES string of the molecule is CCCNCc1sc(-c2cscn2)nc1COC. The monoisotopic (exact) mass is 283 g/mol. The van der Waals surface area contributed by atoms with Crippen LogP contribution in [-0.2, 0) is 17.9 Å². The number of aromatic nitrogens is 2. The molecule has 0 aromatic carbocycles. The highest BCUT2D eigenvalue weighted by molar-refractivity contribution is 7.15. The molecule has 0 unspecified atom stereocenters. The zero-order chi connectivity index (χ0) is 12.8. The van der Waals surface area contributed by atoms with Crippen molar-refractivity contribution in [2.24, 2.45) is 0 Å². The van der Waals surface area contributed by atoms with Gasteiger partial charge in [-0.15, -0.1) is 22.7 Å². The van der Waals surface area contributed by atoms with E-state index in [9.17, 15) is 0 Å². The lowest BCUT2D eigenvalue weighted by atomic mass is 10.3. The Morgan fingerprint density at radius 1 is 1.44 bits per heavy atom. The molecule has 0 radical (unpaired) electrons.